The molecule has 3 atom stereocenters. The number of aromatic nitrogens is 2. The normalized spacial score (nSPS) is 27.3. The third-order valence-electron chi connectivity index (χ3n) is 4.95. The Balaban J connectivity index is 1.66. The summed E-state index contributed by atoms with van der Waals surface area (Å²) in [5.74, 6) is 4.30. The lowest BCUT2D eigenvalue weighted by molar-refractivity contribution is 0.128. The Morgan fingerprint density at radius 3 is 2.86 bits per heavy atom. The summed E-state index contributed by atoms with van der Waals surface area (Å²) in [5, 5.41) is 0.495. The summed E-state index contributed by atoms with van der Waals surface area (Å²) < 4.78 is 5.38. The molecule has 21 heavy (non-hydrogen) atoms. The van der Waals surface area contributed by atoms with Crippen molar-refractivity contribution in [3.05, 3.63) is 17.0 Å². The molecule has 0 aromatic carbocycles. The predicted molar refractivity (Wildman–Crippen MR) is 84.6 cm³/mol. The van der Waals surface area contributed by atoms with Crippen molar-refractivity contribution in [1.29, 1.82) is 0 Å². The van der Waals surface area contributed by atoms with E-state index in [1.165, 1.54) is 25.7 Å². The lowest BCUT2D eigenvalue weighted by atomic mass is 9.88. The fourth-order valence-electron chi connectivity index (χ4n) is 3.95. The molecule has 116 valence electrons. The van der Waals surface area contributed by atoms with Gasteiger partial charge in [0.05, 0.1) is 0 Å². The van der Waals surface area contributed by atoms with Crippen molar-refractivity contribution in [2.24, 2.45) is 17.8 Å². The molecule has 5 heteroatoms. The number of nitrogens with zero attached hydrogens (tertiary/aromatic N) is 3. The largest absolute Gasteiger partial charge is 0.374 e. The van der Waals surface area contributed by atoms with E-state index in [0.29, 0.717) is 24.2 Å². The molecule has 2 fully saturated rings. The molecule has 0 spiro atoms. The van der Waals surface area contributed by atoms with E-state index >= 15 is 0 Å². The molecule has 0 radical (unpaired) electrons. The molecule has 0 saturated heterocycles. The molecular weight excluding hydrogens is 286 g/mol. The first-order chi connectivity index (χ1) is 10.2. The number of fused-ring (bicyclic) bond motifs is 2. The molecule has 3 rings (SSSR count). The Kier molecular flexibility index (Phi) is 4.65. The van der Waals surface area contributed by atoms with E-state index < -0.39 is 0 Å². The lowest BCUT2D eigenvalue weighted by Crippen LogP contribution is -2.29. The molecule has 3 unspecified atom stereocenters. The number of anilines is 1. The van der Waals surface area contributed by atoms with Crippen LogP contribution in [0, 0.1) is 17.8 Å². The van der Waals surface area contributed by atoms with E-state index in [4.69, 9.17) is 16.3 Å². The molecule has 1 aromatic heterocycles. The average molecular weight is 310 g/mol. The van der Waals surface area contributed by atoms with Crippen LogP contribution < -0.4 is 4.90 Å². The summed E-state index contributed by atoms with van der Waals surface area (Å²) in [5.41, 5.74) is 0. The molecule has 2 bridgehead atoms. The van der Waals surface area contributed by atoms with Crippen LogP contribution in [0.2, 0.25) is 5.15 Å². The standard InChI is InChI=1S/C16H24ClN3O/c1-3-21-10-15-18-14(17)8-16(19-15)20(2)9-13-7-11-4-5-12(13)6-11/h8,11-13H,3-7,9-10H2,1-2H3. The molecule has 0 amide bonds. The molecule has 4 nitrogen and oxygen atoms in total. The second kappa shape index (κ2) is 6.49. The molecule has 0 N–H and O–H groups in total. The van der Waals surface area contributed by atoms with Crippen molar-refractivity contribution in [3.8, 4) is 0 Å². The fourth-order valence-corrected chi connectivity index (χ4v) is 4.15. The maximum atomic E-state index is 6.12. The van der Waals surface area contributed by atoms with Crippen molar-refractivity contribution < 1.29 is 4.74 Å². The molecule has 2 aliphatic carbocycles. The van der Waals surface area contributed by atoms with Gasteiger partial charge in [0, 0.05) is 26.3 Å². The average Bonchev–Trinajstić information content (AvgIpc) is 3.07. The Hall–Kier alpha value is -0.870. The summed E-state index contributed by atoms with van der Waals surface area (Å²) in [4.78, 5) is 11.0. The monoisotopic (exact) mass is 309 g/mol. The van der Waals surface area contributed by atoms with Crippen LogP contribution in [0.5, 0.6) is 0 Å². The number of ether oxygens (including phenoxy) is 1. The van der Waals surface area contributed by atoms with Crippen LogP contribution in [0.3, 0.4) is 0 Å². The molecule has 2 saturated carbocycles. The fraction of sp³-hybridized carbons (Fsp3) is 0.750. The maximum Gasteiger partial charge on any atom is 0.158 e. The van der Waals surface area contributed by atoms with Crippen LogP contribution in [0.4, 0.5) is 5.82 Å². The van der Waals surface area contributed by atoms with Crippen LogP contribution in [-0.4, -0.2) is 30.2 Å². The van der Waals surface area contributed by atoms with Crippen molar-refractivity contribution in [1.82, 2.24) is 9.97 Å². The Labute approximate surface area is 131 Å². The van der Waals surface area contributed by atoms with Gasteiger partial charge < -0.3 is 9.64 Å². The van der Waals surface area contributed by atoms with Gasteiger partial charge in [-0.1, -0.05) is 18.0 Å². The van der Waals surface area contributed by atoms with Crippen LogP contribution in [0.25, 0.3) is 0 Å². The van der Waals surface area contributed by atoms with Gasteiger partial charge in [-0.25, -0.2) is 9.97 Å². The minimum Gasteiger partial charge on any atom is -0.374 e. The van der Waals surface area contributed by atoms with Crippen molar-refractivity contribution in [3.63, 3.8) is 0 Å². The zero-order chi connectivity index (χ0) is 14.8. The molecular formula is C16H24ClN3O. The Morgan fingerprint density at radius 2 is 2.19 bits per heavy atom. The minimum atomic E-state index is 0.423. The van der Waals surface area contributed by atoms with Crippen LogP contribution >= 0.6 is 11.6 Å². The molecule has 0 aliphatic heterocycles. The maximum absolute atomic E-state index is 6.12. The van der Waals surface area contributed by atoms with Crippen molar-refractivity contribution in [2.45, 2.75) is 39.2 Å². The predicted octanol–water partition coefficient (Wildman–Crippen LogP) is 3.54. The van der Waals surface area contributed by atoms with Gasteiger partial charge in [-0.05, 0) is 43.9 Å². The number of rotatable bonds is 6. The highest BCUT2D eigenvalue weighted by atomic mass is 35.5. The number of hydrogen-bond acceptors (Lipinski definition) is 4. The summed E-state index contributed by atoms with van der Waals surface area (Å²) in [6, 6.07) is 1.85. The molecule has 1 heterocycles. The van der Waals surface area contributed by atoms with Gasteiger partial charge in [-0.3, -0.25) is 0 Å². The lowest BCUT2D eigenvalue weighted by Gasteiger charge is -2.28. The van der Waals surface area contributed by atoms with E-state index in [0.717, 1.165) is 30.1 Å². The highest BCUT2D eigenvalue weighted by molar-refractivity contribution is 6.29. The third kappa shape index (κ3) is 3.49. The number of hydrogen-bond donors (Lipinski definition) is 0. The first-order valence-corrected chi connectivity index (χ1v) is 8.35. The van der Waals surface area contributed by atoms with Crippen molar-refractivity contribution in [2.75, 3.05) is 25.1 Å². The van der Waals surface area contributed by atoms with Gasteiger partial charge in [0.15, 0.2) is 5.82 Å². The van der Waals surface area contributed by atoms with E-state index in [9.17, 15) is 0 Å². The second-order valence-electron chi connectivity index (χ2n) is 6.42. The SMILES string of the molecule is CCOCc1nc(Cl)cc(N(C)CC2CC3CCC2C3)n1. The van der Waals surface area contributed by atoms with Crippen LogP contribution in [-0.2, 0) is 11.3 Å². The summed E-state index contributed by atoms with van der Waals surface area (Å²) in [6.45, 7) is 4.12. The van der Waals surface area contributed by atoms with Gasteiger partial charge in [0.25, 0.3) is 0 Å². The van der Waals surface area contributed by atoms with E-state index in [1.807, 2.05) is 13.0 Å². The first kappa shape index (κ1) is 15.0. The quantitative estimate of drug-likeness (QED) is 0.753. The van der Waals surface area contributed by atoms with Crippen molar-refractivity contribution >= 4 is 17.4 Å². The van der Waals surface area contributed by atoms with E-state index in [1.54, 1.807) is 0 Å². The Morgan fingerprint density at radius 1 is 1.33 bits per heavy atom. The van der Waals surface area contributed by atoms with Gasteiger partial charge in [0.2, 0.25) is 0 Å². The minimum absolute atomic E-state index is 0.423. The molecule has 2 aliphatic rings. The summed E-state index contributed by atoms with van der Waals surface area (Å²) >= 11 is 6.12. The number of halogens is 1. The first-order valence-electron chi connectivity index (χ1n) is 7.98. The van der Waals surface area contributed by atoms with E-state index in [-0.39, 0.29) is 0 Å². The third-order valence-corrected chi connectivity index (χ3v) is 5.14. The Bertz CT molecular complexity index is 496. The van der Waals surface area contributed by atoms with Gasteiger partial charge in [-0.15, -0.1) is 0 Å². The summed E-state index contributed by atoms with van der Waals surface area (Å²) in [6.07, 6.45) is 5.70. The highest BCUT2D eigenvalue weighted by Crippen LogP contribution is 2.48. The smallest absolute Gasteiger partial charge is 0.158 e. The van der Waals surface area contributed by atoms with E-state index in [2.05, 4.69) is 21.9 Å². The highest BCUT2D eigenvalue weighted by Gasteiger charge is 2.39. The van der Waals surface area contributed by atoms with Crippen LogP contribution in [0.1, 0.15) is 38.4 Å². The zero-order valence-electron chi connectivity index (χ0n) is 12.9. The summed E-state index contributed by atoms with van der Waals surface area (Å²) in [7, 11) is 2.11. The van der Waals surface area contributed by atoms with Crippen LogP contribution in [0.15, 0.2) is 6.07 Å². The second-order valence-corrected chi connectivity index (χ2v) is 6.80. The van der Waals surface area contributed by atoms with Gasteiger partial charge in [0.1, 0.15) is 17.6 Å². The van der Waals surface area contributed by atoms with Gasteiger partial charge >= 0.3 is 0 Å². The van der Waals surface area contributed by atoms with Gasteiger partial charge in [-0.2, -0.15) is 0 Å². The zero-order valence-corrected chi connectivity index (χ0v) is 13.6. The topological polar surface area (TPSA) is 38.2 Å². The molecule has 1 aromatic rings.